The molecule has 51 heavy (non-hydrogen) atoms. The van der Waals surface area contributed by atoms with Gasteiger partial charge >= 0.3 is 0 Å². The van der Waals surface area contributed by atoms with Crippen LogP contribution in [0.15, 0.2) is 180 Å². The van der Waals surface area contributed by atoms with Gasteiger partial charge in [-0.3, -0.25) is 0 Å². The molecule has 2 heterocycles. The Bertz CT molecular complexity index is 2760. The van der Waals surface area contributed by atoms with E-state index >= 15 is 0 Å². The third kappa shape index (κ3) is 4.59. The van der Waals surface area contributed by atoms with E-state index in [4.69, 9.17) is 14.4 Å². The van der Waals surface area contributed by atoms with Crippen LogP contribution in [0.4, 0.5) is 0 Å². The normalized spacial score (nSPS) is 14.8. The van der Waals surface area contributed by atoms with E-state index in [0.29, 0.717) is 5.82 Å². The van der Waals surface area contributed by atoms with Gasteiger partial charge in [0, 0.05) is 32.9 Å². The predicted octanol–water partition coefficient (Wildman–Crippen LogP) is 12.4. The number of fused-ring (bicyclic) bond motifs is 6. The third-order valence-electron chi connectivity index (χ3n) is 10.6. The van der Waals surface area contributed by atoms with E-state index < -0.39 is 0 Å². The van der Waals surface area contributed by atoms with Crippen molar-refractivity contribution in [3.63, 3.8) is 0 Å². The highest BCUT2D eigenvalue weighted by atomic mass is 16.3. The van der Waals surface area contributed by atoms with Gasteiger partial charge in [-0.1, -0.05) is 152 Å². The minimum atomic E-state index is -0.282. The molecular weight excluding hydrogens is 621 g/mol. The molecule has 1 aliphatic carbocycles. The van der Waals surface area contributed by atoms with Gasteiger partial charge in [-0.15, -0.1) is 0 Å². The Balaban J connectivity index is 1.19. The standard InChI is InChI=1S/C48H32N2O/c1-48(33-17-6-3-7-18-33)40-24-12-10-22-39(40)46-38(23-14-25-41(46)48)34-19-8-9-20-35(34)43-30-42(49-47(50-43)31-15-4-2-5-16-31)32-27-28-37-36-21-11-13-26-44(36)51-45(37)29-32/h2-30H,1H3. The summed E-state index contributed by atoms with van der Waals surface area (Å²) in [6, 6.07) is 62.1. The molecule has 0 saturated carbocycles. The number of hydrogen-bond donors (Lipinski definition) is 0. The smallest absolute Gasteiger partial charge is 0.160 e. The molecule has 3 nitrogen and oxygen atoms in total. The SMILES string of the molecule is CC1(c2ccccc2)c2ccccc2-c2c(-c3ccccc3-c3cc(-c4ccc5c(c4)oc4ccccc45)nc(-c4ccccc4)n3)cccc21. The maximum absolute atomic E-state index is 6.30. The first-order valence-corrected chi connectivity index (χ1v) is 17.4. The summed E-state index contributed by atoms with van der Waals surface area (Å²) in [7, 11) is 0. The monoisotopic (exact) mass is 652 g/mol. The van der Waals surface area contributed by atoms with Gasteiger partial charge in [-0.25, -0.2) is 9.97 Å². The topological polar surface area (TPSA) is 38.9 Å². The lowest BCUT2D eigenvalue weighted by Gasteiger charge is -2.28. The van der Waals surface area contributed by atoms with Crippen molar-refractivity contribution in [2.75, 3.05) is 0 Å². The average molecular weight is 653 g/mol. The van der Waals surface area contributed by atoms with Gasteiger partial charge in [0.25, 0.3) is 0 Å². The van der Waals surface area contributed by atoms with Crippen molar-refractivity contribution in [3.8, 4) is 56.2 Å². The van der Waals surface area contributed by atoms with Crippen LogP contribution >= 0.6 is 0 Å². The van der Waals surface area contributed by atoms with Crippen LogP contribution in [0, 0.1) is 0 Å². The van der Waals surface area contributed by atoms with Gasteiger partial charge in [0.05, 0.1) is 11.4 Å². The highest BCUT2D eigenvalue weighted by Crippen LogP contribution is 2.55. The molecule has 0 amide bonds. The van der Waals surface area contributed by atoms with E-state index in [0.717, 1.165) is 55.6 Å². The lowest BCUT2D eigenvalue weighted by molar-refractivity contribution is 0.669. The molecule has 1 aliphatic rings. The molecule has 0 aliphatic heterocycles. The van der Waals surface area contributed by atoms with Crippen molar-refractivity contribution in [1.29, 1.82) is 0 Å². The van der Waals surface area contributed by atoms with Gasteiger partial charge in [-0.05, 0) is 70.1 Å². The van der Waals surface area contributed by atoms with Crippen LogP contribution in [-0.4, -0.2) is 9.97 Å². The second kappa shape index (κ2) is 11.5. The molecule has 0 bridgehead atoms. The van der Waals surface area contributed by atoms with Crippen molar-refractivity contribution in [3.05, 3.63) is 193 Å². The summed E-state index contributed by atoms with van der Waals surface area (Å²) >= 11 is 0. The summed E-state index contributed by atoms with van der Waals surface area (Å²) in [6.45, 7) is 2.37. The van der Waals surface area contributed by atoms with Crippen molar-refractivity contribution in [1.82, 2.24) is 9.97 Å². The molecule has 1 atom stereocenters. The maximum Gasteiger partial charge on any atom is 0.160 e. The molecule has 0 fully saturated rings. The molecule has 7 aromatic carbocycles. The number of hydrogen-bond acceptors (Lipinski definition) is 3. The van der Waals surface area contributed by atoms with Crippen LogP contribution < -0.4 is 0 Å². The number of rotatable bonds is 5. The first-order valence-electron chi connectivity index (χ1n) is 17.4. The number of aromatic nitrogens is 2. The van der Waals surface area contributed by atoms with Crippen molar-refractivity contribution >= 4 is 21.9 Å². The number of furan rings is 1. The van der Waals surface area contributed by atoms with Crippen molar-refractivity contribution in [2.24, 2.45) is 0 Å². The zero-order valence-electron chi connectivity index (χ0n) is 28.0. The molecule has 9 aromatic rings. The number of para-hydroxylation sites is 1. The third-order valence-corrected chi connectivity index (χ3v) is 10.6. The van der Waals surface area contributed by atoms with Crippen molar-refractivity contribution in [2.45, 2.75) is 12.3 Å². The molecular formula is C48H32N2O. The Hall–Kier alpha value is -6.58. The molecule has 2 aromatic heterocycles. The summed E-state index contributed by atoms with van der Waals surface area (Å²) in [5, 5.41) is 2.21. The summed E-state index contributed by atoms with van der Waals surface area (Å²) in [6.07, 6.45) is 0. The Morgan fingerprint density at radius 2 is 1.06 bits per heavy atom. The predicted molar refractivity (Wildman–Crippen MR) is 208 cm³/mol. The summed E-state index contributed by atoms with van der Waals surface area (Å²) in [5.41, 5.74) is 15.0. The lowest BCUT2D eigenvalue weighted by atomic mass is 9.74. The molecule has 1 unspecified atom stereocenters. The fourth-order valence-corrected chi connectivity index (χ4v) is 8.12. The van der Waals surface area contributed by atoms with E-state index in [2.05, 4.69) is 146 Å². The van der Waals surface area contributed by atoms with Gasteiger partial charge in [0.2, 0.25) is 0 Å². The van der Waals surface area contributed by atoms with E-state index in [-0.39, 0.29) is 5.41 Å². The minimum Gasteiger partial charge on any atom is -0.456 e. The Morgan fingerprint density at radius 1 is 0.431 bits per heavy atom. The quantitative estimate of drug-likeness (QED) is 0.186. The van der Waals surface area contributed by atoms with Crippen LogP contribution in [-0.2, 0) is 5.41 Å². The van der Waals surface area contributed by atoms with E-state index in [1.54, 1.807) is 0 Å². The van der Waals surface area contributed by atoms with E-state index in [1.165, 1.54) is 33.4 Å². The maximum atomic E-state index is 6.30. The van der Waals surface area contributed by atoms with Gasteiger partial charge in [0.15, 0.2) is 5.82 Å². The average Bonchev–Trinajstić information content (AvgIpc) is 3.71. The van der Waals surface area contributed by atoms with Crippen LogP contribution in [0.1, 0.15) is 23.6 Å². The number of benzene rings is 7. The van der Waals surface area contributed by atoms with Crippen LogP contribution in [0.3, 0.4) is 0 Å². The second-order valence-electron chi connectivity index (χ2n) is 13.4. The van der Waals surface area contributed by atoms with Gasteiger partial charge in [-0.2, -0.15) is 0 Å². The molecule has 0 saturated heterocycles. The zero-order valence-corrected chi connectivity index (χ0v) is 28.0. The van der Waals surface area contributed by atoms with Crippen molar-refractivity contribution < 1.29 is 4.42 Å². The summed E-state index contributed by atoms with van der Waals surface area (Å²) in [4.78, 5) is 10.4. The number of nitrogens with zero attached hydrogens (tertiary/aromatic N) is 2. The van der Waals surface area contributed by atoms with Crippen LogP contribution in [0.5, 0.6) is 0 Å². The van der Waals surface area contributed by atoms with Gasteiger partial charge < -0.3 is 4.42 Å². The van der Waals surface area contributed by atoms with Gasteiger partial charge in [0.1, 0.15) is 11.2 Å². The highest BCUT2D eigenvalue weighted by molar-refractivity contribution is 6.06. The first kappa shape index (κ1) is 29.3. The van der Waals surface area contributed by atoms with E-state index in [9.17, 15) is 0 Å². The fraction of sp³-hybridized carbons (Fsp3) is 0.0417. The Morgan fingerprint density at radius 3 is 1.90 bits per heavy atom. The molecule has 240 valence electrons. The highest BCUT2D eigenvalue weighted by Gasteiger charge is 2.41. The first-order chi connectivity index (χ1) is 25.2. The second-order valence-corrected chi connectivity index (χ2v) is 13.4. The Kier molecular flexibility index (Phi) is 6.62. The molecule has 0 radical (unpaired) electrons. The largest absolute Gasteiger partial charge is 0.456 e. The fourth-order valence-electron chi connectivity index (χ4n) is 8.12. The summed E-state index contributed by atoms with van der Waals surface area (Å²) in [5.74, 6) is 0.683. The zero-order chi connectivity index (χ0) is 33.9. The molecule has 0 spiro atoms. The summed E-state index contributed by atoms with van der Waals surface area (Å²) < 4.78 is 6.30. The Labute approximate surface area is 296 Å². The lowest BCUT2D eigenvalue weighted by Crippen LogP contribution is -2.22. The molecule has 3 heteroatoms. The van der Waals surface area contributed by atoms with Crippen LogP contribution in [0.2, 0.25) is 0 Å². The molecule has 10 rings (SSSR count). The molecule has 0 N–H and O–H groups in total. The van der Waals surface area contributed by atoms with Crippen LogP contribution in [0.25, 0.3) is 78.1 Å². The minimum absolute atomic E-state index is 0.282. The van der Waals surface area contributed by atoms with E-state index in [1.807, 2.05) is 36.4 Å².